The quantitative estimate of drug-likeness (QED) is 0.532. The third-order valence-electron chi connectivity index (χ3n) is 5.71. The number of halogens is 1. The summed E-state index contributed by atoms with van der Waals surface area (Å²) < 4.78 is 16.4. The van der Waals surface area contributed by atoms with Gasteiger partial charge in [0.15, 0.2) is 6.61 Å². The van der Waals surface area contributed by atoms with E-state index in [9.17, 15) is 9.59 Å². The smallest absolute Gasteiger partial charge is 0.339 e. The maximum absolute atomic E-state index is 12.3. The molecule has 2 aliphatic rings. The second-order valence-corrected chi connectivity index (χ2v) is 8.19. The Kier molecular flexibility index (Phi) is 6.92. The third-order valence-corrected chi connectivity index (χ3v) is 6.01. The van der Waals surface area contributed by atoms with Crippen LogP contribution in [0.25, 0.3) is 11.0 Å². The second kappa shape index (κ2) is 9.81. The van der Waals surface area contributed by atoms with Gasteiger partial charge in [0.25, 0.3) is 5.91 Å². The number of carbonyl (C=O) groups excluding carboxylic acids is 1. The average Bonchev–Trinajstić information content (AvgIpc) is 2.77. The minimum atomic E-state index is -0.288. The summed E-state index contributed by atoms with van der Waals surface area (Å²) in [5.41, 5.74) is 1.95. The monoisotopic (exact) mass is 434 g/mol. The molecule has 162 valence electrons. The summed E-state index contributed by atoms with van der Waals surface area (Å²) >= 11 is 6.39. The van der Waals surface area contributed by atoms with Gasteiger partial charge in [0.05, 0.1) is 18.2 Å². The molecule has 0 saturated carbocycles. The standard InChI is InChI=1S/C22H27ClN2O5/c23-18-12-17-15-4-1-2-5-16(15)22(27)30-19(17)13-20(18)29-14-21(26)24-6-3-7-25-8-10-28-11-9-25/h12-13H,1-11,14H2,(H,24,26). The molecule has 1 aromatic heterocycles. The van der Waals surface area contributed by atoms with Crippen LogP contribution in [0.4, 0.5) is 0 Å². The van der Waals surface area contributed by atoms with Crippen molar-refractivity contribution < 1.29 is 18.7 Å². The number of nitrogens with zero attached hydrogens (tertiary/aromatic N) is 1. The molecule has 30 heavy (non-hydrogen) atoms. The number of ether oxygens (including phenoxy) is 2. The van der Waals surface area contributed by atoms with Gasteiger partial charge in [-0.25, -0.2) is 4.79 Å². The Morgan fingerprint density at radius 2 is 1.93 bits per heavy atom. The van der Waals surface area contributed by atoms with Crippen LogP contribution in [0.1, 0.15) is 30.4 Å². The number of aryl methyl sites for hydroxylation is 1. The van der Waals surface area contributed by atoms with E-state index in [0.717, 1.165) is 81.5 Å². The molecule has 2 heterocycles. The lowest BCUT2D eigenvalue weighted by Gasteiger charge is -2.26. The lowest BCUT2D eigenvalue weighted by Crippen LogP contribution is -2.38. The van der Waals surface area contributed by atoms with E-state index in [1.165, 1.54) is 0 Å². The van der Waals surface area contributed by atoms with E-state index in [1.807, 2.05) is 0 Å². The van der Waals surface area contributed by atoms with E-state index in [-0.39, 0.29) is 18.1 Å². The topological polar surface area (TPSA) is 81.0 Å². The molecular formula is C22H27ClN2O5. The summed E-state index contributed by atoms with van der Waals surface area (Å²) in [6.07, 6.45) is 4.52. The molecule has 1 N–H and O–H groups in total. The van der Waals surface area contributed by atoms with Crippen molar-refractivity contribution in [2.45, 2.75) is 32.1 Å². The first-order valence-corrected chi connectivity index (χ1v) is 11.0. The van der Waals surface area contributed by atoms with Crippen LogP contribution in [0.3, 0.4) is 0 Å². The van der Waals surface area contributed by atoms with Gasteiger partial charge in [0, 0.05) is 36.7 Å². The molecule has 0 unspecified atom stereocenters. The minimum Gasteiger partial charge on any atom is -0.482 e. The van der Waals surface area contributed by atoms with Crippen LogP contribution in [-0.2, 0) is 22.4 Å². The van der Waals surface area contributed by atoms with Gasteiger partial charge >= 0.3 is 5.63 Å². The Labute approximate surface area is 180 Å². The van der Waals surface area contributed by atoms with Crippen LogP contribution in [0.15, 0.2) is 21.3 Å². The zero-order valence-corrected chi connectivity index (χ0v) is 17.8. The van der Waals surface area contributed by atoms with Crippen LogP contribution in [-0.4, -0.2) is 56.8 Å². The van der Waals surface area contributed by atoms with Crippen LogP contribution in [0.2, 0.25) is 5.02 Å². The summed E-state index contributed by atoms with van der Waals surface area (Å²) in [4.78, 5) is 26.7. The van der Waals surface area contributed by atoms with Gasteiger partial charge in [0.1, 0.15) is 11.3 Å². The molecule has 2 aromatic rings. The van der Waals surface area contributed by atoms with Crippen LogP contribution < -0.4 is 15.7 Å². The maximum atomic E-state index is 12.3. The molecular weight excluding hydrogens is 408 g/mol. The minimum absolute atomic E-state index is 0.141. The summed E-state index contributed by atoms with van der Waals surface area (Å²) in [6, 6.07) is 3.39. The molecule has 0 atom stereocenters. The lowest BCUT2D eigenvalue weighted by molar-refractivity contribution is -0.123. The number of nitrogens with one attached hydrogen (secondary N) is 1. The first-order chi connectivity index (χ1) is 14.6. The SMILES string of the molecule is O=C(COc1cc2oc(=O)c3c(c2cc1Cl)CCCC3)NCCCN1CCOCC1. The molecule has 4 rings (SSSR count). The third kappa shape index (κ3) is 4.96. The molecule has 0 spiro atoms. The zero-order valence-electron chi connectivity index (χ0n) is 17.0. The molecule has 0 radical (unpaired) electrons. The first-order valence-electron chi connectivity index (χ1n) is 10.6. The Morgan fingerprint density at radius 1 is 1.17 bits per heavy atom. The Morgan fingerprint density at radius 3 is 2.73 bits per heavy atom. The highest BCUT2D eigenvalue weighted by Gasteiger charge is 2.20. The van der Waals surface area contributed by atoms with Crippen molar-refractivity contribution in [1.29, 1.82) is 0 Å². The summed E-state index contributed by atoms with van der Waals surface area (Å²) in [5.74, 6) is 0.131. The molecule has 1 saturated heterocycles. The van der Waals surface area contributed by atoms with E-state index in [4.69, 9.17) is 25.5 Å². The highest BCUT2D eigenvalue weighted by Crippen LogP contribution is 2.34. The van der Waals surface area contributed by atoms with Crippen LogP contribution in [0, 0.1) is 0 Å². The molecule has 0 bridgehead atoms. The second-order valence-electron chi connectivity index (χ2n) is 7.78. The molecule has 1 aromatic carbocycles. The van der Waals surface area contributed by atoms with Gasteiger partial charge in [-0.2, -0.15) is 0 Å². The summed E-state index contributed by atoms with van der Waals surface area (Å²) in [6.45, 7) is 4.81. The lowest BCUT2D eigenvalue weighted by atomic mass is 9.91. The van der Waals surface area contributed by atoms with Crippen LogP contribution >= 0.6 is 11.6 Å². The van der Waals surface area contributed by atoms with Crippen LogP contribution in [0.5, 0.6) is 5.75 Å². The predicted molar refractivity (Wildman–Crippen MR) is 115 cm³/mol. The van der Waals surface area contributed by atoms with Crippen molar-refractivity contribution in [3.8, 4) is 5.75 Å². The van der Waals surface area contributed by atoms with Crippen molar-refractivity contribution in [2.24, 2.45) is 0 Å². The van der Waals surface area contributed by atoms with Crippen molar-refractivity contribution >= 4 is 28.5 Å². The van der Waals surface area contributed by atoms with Crippen molar-refractivity contribution in [3.63, 3.8) is 0 Å². The Hall–Kier alpha value is -2.09. The molecule has 1 aliphatic heterocycles. The van der Waals surface area contributed by atoms with Crippen molar-refractivity contribution in [2.75, 3.05) is 46.0 Å². The van der Waals surface area contributed by atoms with E-state index >= 15 is 0 Å². The fourth-order valence-electron chi connectivity index (χ4n) is 4.10. The number of amides is 1. The first kappa shape index (κ1) is 21.2. The highest BCUT2D eigenvalue weighted by molar-refractivity contribution is 6.32. The highest BCUT2D eigenvalue weighted by atomic mass is 35.5. The molecule has 1 amide bonds. The number of hydrogen-bond donors (Lipinski definition) is 1. The summed E-state index contributed by atoms with van der Waals surface area (Å²) in [5, 5.41) is 4.12. The molecule has 8 heteroatoms. The Bertz CT molecular complexity index is 968. The number of morpholine rings is 1. The predicted octanol–water partition coefficient (Wildman–Crippen LogP) is 2.54. The molecule has 7 nitrogen and oxygen atoms in total. The van der Waals surface area contributed by atoms with E-state index in [0.29, 0.717) is 22.9 Å². The van der Waals surface area contributed by atoms with Gasteiger partial charge in [-0.15, -0.1) is 0 Å². The maximum Gasteiger partial charge on any atom is 0.339 e. The number of fused-ring (bicyclic) bond motifs is 3. The van der Waals surface area contributed by atoms with E-state index in [2.05, 4.69) is 10.2 Å². The fourth-order valence-corrected chi connectivity index (χ4v) is 4.32. The van der Waals surface area contributed by atoms with E-state index in [1.54, 1.807) is 12.1 Å². The number of hydrogen-bond acceptors (Lipinski definition) is 6. The molecule has 1 aliphatic carbocycles. The Balaban J connectivity index is 1.33. The van der Waals surface area contributed by atoms with E-state index < -0.39 is 0 Å². The van der Waals surface area contributed by atoms with Gasteiger partial charge in [-0.3, -0.25) is 9.69 Å². The molecule has 1 fully saturated rings. The number of benzene rings is 1. The average molecular weight is 435 g/mol. The van der Waals surface area contributed by atoms with Crippen molar-refractivity contribution in [3.05, 3.63) is 38.7 Å². The normalized spacial score (nSPS) is 17.0. The number of carbonyl (C=O) groups is 1. The number of rotatable bonds is 7. The summed E-state index contributed by atoms with van der Waals surface area (Å²) in [7, 11) is 0. The van der Waals surface area contributed by atoms with Gasteiger partial charge in [-0.1, -0.05) is 11.6 Å². The van der Waals surface area contributed by atoms with Gasteiger partial charge < -0.3 is 19.2 Å². The van der Waals surface area contributed by atoms with Gasteiger partial charge in [-0.05, 0) is 50.3 Å². The van der Waals surface area contributed by atoms with Gasteiger partial charge in [0.2, 0.25) is 0 Å². The van der Waals surface area contributed by atoms with Crippen molar-refractivity contribution in [1.82, 2.24) is 10.2 Å². The zero-order chi connectivity index (χ0) is 20.9. The largest absolute Gasteiger partial charge is 0.482 e. The fraction of sp³-hybridized carbons (Fsp3) is 0.545.